The van der Waals surface area contributed by atoms with Crippen LogP contribution in [0.2, 0.25) is 0 Å². The number of rotatable bonds is 6. The molecule has 1 unspecified atom stereocenters. The lowest BCUT2D eigenvalue weighted by Gasteiger charge is -2.38. The number of ether oxygens (including phenoxy) is 1. The molecule has 2 aromatic carbocycles. The highest BCUT2D eigenvalue weighted by atomic mass is 16.6. The summed E-state index contributed by atoms with van der Waals surface area (Å²) in [7, 11) is 1.33. The fourth-order valence-corrected chi connectivity index (χ4v) is 4.80. The van der Waals surface area contributed by atoms with Crippen molar-refractivity contribution in [3.8, 4) is 11.5 Å². The number of nitro groups is 1. The number of hydrogen-bond donors (Lipinski definition) is 2. The summed E-state index contributed by atoms with van der Waals surface area (Å²) in [4.78, 5) is 28.2. The molecule has 8 heteroatoms. The van der Waals surface area contributed by atoms with Crippen LogP contribution in [0, 0.1) is 21.4 Å². The summed E-state index contributed by atoms with van der Waals surface area (Å²) >= 11 is 0. The normalized spacial score (nSPS) is 16.8. The van der Waals surface area contributed by atoms with Crippen LogP contribution in [-0.4, -0.2) is 33.2 Å². The van der Waals surface area contributed by atoms with Gasteiger partial charge in [0.15, 0.2) is 5.75 Å². The number of aromatic nitrogens is 1. The maximum absolute atomic E-state index is 12.5. The van der Waals surface area contributed by atoms with Crippen molar-refractivity contribution in [2.75, 3.05) is 7.11 Å². The molecule has 2 N–H and O–H groups in total. The van der Waals surface area contributed by atoms with Crippen LogP contribution >= 0.6 is 0 Å². The number of para-hydroxylation sites is 1. The molecule has 0 saturated carbocycles. The van der Waals surface area contributed by atoms with Gasteiger partial charge in [-0.25, -0.2) is 9.78 Å². The number of carboxylic acids is 1. The van der Waals surface area contributed by atoms with Gasteiger partial charge in [0.05, 0.1) is 28.8 Å². The molecule has 1 aliphatic rings. The first kappa shape index (κ1) is 24.2. The first-order valence-corrected chi connectivity index (χ1v) is 11.5. The van der Waals surface area contributed by atoms with Gasteiger partial charge in [0.25, 0.3) is 0 Å². The van der Waals surface area contributed by atoms with Crippen LogP contribution in [-0.2, 0) is 6.42 Å². The summed E-state index contributed by atoms with van der Waals surface area (Å²) in [6, 6.07) is 10.0. The quantitative estimate of drug-likeness (QED) is 0.326. The Morgan fingerprint density at radius 2 is 2.00 bits per heavy atom. The molecule has 8 nitrogen and oxygen atoms in total. The Morgan fingerprint density at radius 1 is 1.29 bits per heavy atom. The number of fused-ring (bicyclic) bond motifs is 2. The van der Waals surface area contributed by atoms with E-state index in [0.717, 1.165) is 12.0 Å². The first-order valence-electron chi connectivity index (χ1n) is 11.5. The molecule has 0 saturated heterocycles. The molecule has 3 aromatic rings. The number of carboxylic acid groups (broad SMARTS) is 1. The van der Waals surface area contributed by atoms with Crippen molar-refractivity contribution >= 4 is 34.2 Å². The zero-order chi connectivity index (χ0) is 25.5. The van der Waals surface area contributed by atoms with E-state index >= 15 is 0 Å². The second-order valence-electron chi connectivity index (χ2n) is 9.60. The molecule has 0 aliphatic heterocycles. The van der Waals surface area contributed by atoms with E-state index in [2.05, 4.69) is 20.8 Å². The van der Waals surface area contributed by atoms with Crippen molar-refractivity contribution in [1.82, 2.24) is 4.98 Å². The van der Waals surface area contributed by atoms with Gasteiger partial charge in [0.2, 0.25) is 5.75 Å². The average molecular weight is 477 g/mol. The van der Waals surface area contributed by atoms with Gasteiger partial charge in [-0.05, 0) is 59.1 Å². The van der Waals surface area contributed by atoms with Crippen LogP contribution in [0.1, 0.15) is 60.8 Å². The van der Waals surface area contributed by atoms with Crippen LogP contribution in [0.25, 0.3) is 22.6 Å². The number of aromatic carboxylic acids is 1. The van der Waals surface area contributed by atoms with Crippen LogP contribution < -0.4 is 4.74 Å². The Bertz CT molecular complexity index is 1380. The minimum atomic E-state index is -1.00. The molecule has 1 atom stereocenters. The molecular formula is C27H28N2O6. The van der Waals surface area contributed by atoms with Crippen LogP contribution in [0.15, 0.2) is 36.4 Å². The summed E-state index contributed by atoms with van der Waals surface area (Å²) < 4.78 is 5.16. The van der Waals surface area contributed by atoms with Gasteiger partial charge >= 0.3 is 11.7 Å². The van der Waals surface area contributed by atoms with E-state index < -0.39 is 22.3 Å². The van der Waals surface area contributed by atoms with E-state index in [1.165, 1.54) is 19.2 Å². The number of phenols is 1. The van der Waals surface area contributed by atoms with Crippen molar-refractivity contribution in [3.63, 3.8) is 0 Å². The first-order chi connectivity index (χ1) is 16.6. The van der Waals surface area contributed by atoms with Crippen molar-refractivity contribution < 1.29 is 24.7 Å². The second kappa shape index (κ2) is 9.02. The lowest BCUT2D eigenvalue weighted by Crippen LogP contribution is -2.30. The molecule has 0 radical (unpaired) electrons. The fraction of sp³-hybridized carbons (Fsp3) is 0.333. The highest BCUT2D eigenvalue weighted by Crippen LogP contribution is 2.47. The maximum Gasteiger partial charge on any atom is 0.336 e. The zero-order valence-electron chi connectivity index (χ0n) is 20.2. The third-order valence-electron chi connectivity index (χ3n) is 7.28. The Hall–Kier alpha value is -3.94. The summed E-state index contributed by atoms with van der Waals surface area (Å²) in [5.74, 6) is -1.41. The summed E-state index contributed by atoms with van der Waals surface area (Å²) in [5, 5.41) is 32.5. The largest absolute Gasteiger partial charge is 0.500 e. The van der Waals surface area contributed by atoms with Crippen molar-refractivity contribution in [2.24, 2.45) is 11.3 Å². The molecule has 0 amide bonds. The predicted molar refractivity (Wildman–Crippen MR) is 134 cm³/mol. The van der Waals surface area contributed by atoms with Gasteiger partial charge in [-0.1, -0.05) is 45.4 Å². The van der Waals surface area contributed by atoms with E-state index in [9.17, 15) is 25.1 Å². The monoisotopic (exact) mass is 476 g/mol. The molecule has 0 bridgehead atoms. The smallest absolute Gasteiger partial charge is 0.336 e. The van der Waals surface area contributed by atoms with Gasteiger partial charge in [0, 0.05) is 11.5 Å². The van der Waals surface area contributed by atoms with Crippen LogP contribution in [0.5, 0.6) is 11.5 Å². The highest BCUT2D eigenvalue weighted by molar-refractivity contribution is 6.06. The Labute approximate surface area is 203 Å². The van der Waals surface area contributed by atoms with Gasteiger partial charge < -0.3 is 14.9 Å². The molecular weight excluding hydrogens is 448 g/mol. The minimum absolute atomic E-state index is 0.00906. The molecule has 1 aliphatic carbocycles. The van der Waals surface area contributed by atoms with E-state index in [1.807, 2.05) is 6.07 Å². The van der Waals surface area contributed by atoms with Crippen molar-refractivity contribution in [1.29, 1.82) is 0 Å². The second-order valence-corrected chi connectivity index (χ2v) is 9.60. The number of hydrogen-bond acceptors (Lipinski definition) is 6. The topological polar surface area (TPSA) is 123 Å². The Balaban J connectivity index is 2.01. The number of pyridine rings is 1. The zero-order valence-corrected chi connectivity index (χ0v) is 20.2. The van der Waals surface area contributed by atoms with Gasteiger partial charge in [0.1, 0.15) is 0 Å². The molecule has 1 aromatic heterocycles. The van der Waals surface area contributed by atoms with E-state index in [1.54, 1.807) is 24.3 Å². The third-order valence-corrected chi connectivity index (χ3v) is 7.28. The molecule has 4 rings (SSSR count). The third kappa shape index (κ3) is 4.32. The molecule has 1 heterocycles. The highest BCUT2D eigenvalue weighted by Gasteiger charge is 2.36. The number of nitrogens with zero attached hydrogens (tertiary/aromatic N) is 2. The van der Waals surface area contributed by atoms with E-state index in [4.69, 9.17) is 9.72 Å². The minimum Gasteiger partial charge on any atom is -0.500 e. The van der Waals surface area contributed by atoms with Crippen molar-refractivity contribution in [3.05, 3.63) is 68.9 Å². The summed E-state index contributed by atoms with van der Waals surface area (Å²) in [5.41, 5.74) is 2.84. The Kier molecular flexibility index (Phi) is 6.23. The number of allylic oxidation sites excluding steroid dienone is 1. The lowest BCUT2D eigenvalue weighted by atomic mass is 9.67. The summed E-state index contributed by atoms with van der Waals surface area (Å²) in [6.45, 7) is 6.46. The standard InChI is InChI=1S/C27H28N2O6/c1-5-27(2,3)17-13-16(10-15-11-21(29(33)34)25(30)22(12-15)35-4)24-19(14-17)23(26(31)32)18-8-6-7-9-20(18)28-24/h6-12,17,30H,5,13-14H2,1-4H3,(H,31,32). The van der Waals surface area contributed by atoms with Crippen LogP contribution in [0.3, 0.4) is 0 Å². The molecule has 0 spiro atoms. The molecule has 0 fully saturated rings. The predicted octanol–water partition coefficient (Wildman–Crippen LogP) is 6.09. The SMILES string of the molecule is CCC(C)(C)C1CC(=Cc2cc(OC)c(O)c([N+](=O)[O-])c2)c2nc3ccccc3c(C(=O)O)c2C1. The van der Waals surface area contributed by atoms with Crippen LogP contribution in [0.4, 0.5) is 5.69 Å². The lowest BCUT2D eigenvalue weighted by molar-refractivity contribution is -0.386. The number of benzene rings is 2. The average Bonchev–Trinajstić information content (AvgIpc) is 2.83. The number of aromatic hydroxyl groups is 1. The van der Waals surface area contributed by atoms with Gasteiger partial charge in [-0.3, -0.25) is 10.1 Å². The molecule has 182 valence electrons. The number of phenolic OH excluding ortho intramolecular Hbond substituents is 1. The number of carbonyl (C=O) groups is 1. The Morgan fingerprint density at radius 3 is 2.63 bits per heavy atom. The van der Waals surface area contributed by atoms with Gasteiger partial charge in [-0.2, -0.15) is 0 Å². The van der Waals surface area contributed by atoms with E-state index in [-0.39, 0.29) is 22.6 Å². The number of methoxy groups -OCH3 is 1. The number of nitro benzene ring substituents is 1. The fourth-order valence-electron chi connectivity index (χ4n) is 4.80. The maximum atomic E-state index is 12.5. The van der Waals surface area contributed by atoms with Crippen molar-refractivity contribution in [2.45, 2.75) is 40.0 Å². The van der Waals surface area contributed by atoms with E-state index in [0.29, 0.717) is 40.6 Å². The molecule has 35 heavy (non-hydrogen) atoms. The van der Waals surface area contributed by atoms with Gasteiger partial charge in [-0.15, -0.1) is 0 Å². The summed E-state index contributed by atoms with van der Waals surface area (Å²) in [6.07, 6.45) is 3.91.